The molecule has 1 atom stereocenters. The fourth-order valence-corrected chi connectivity index (χ4v) is 1.66. The zero-order valence-corrected chi connectivity index (χ0v) is 10.5. The third kappa shape index (κ3) is 4.00. The Bertz CT molecular complexity index is 376. The Morgan fingerprint density at radius 2 is 2.24 bits per heavy atom. The summed E-state index contributed by atoms with van der Waals surface area (Å²) in [5, 5.41) is 3.47. The molecule has 1 aromatic rings. The van der Waals surface area contributed by atoms with Gasteiger partial charge in [-0.25, -0.2) is 4.39 Å². The minimum absolute atomic E-state index is 0.180. The summed E-state index contributed by atoms with van der Waals surface area (Å²) in [6, 6.07) is 5.63. The molecular weight excluding hydrogens is 217 g/mol. The molecule has 0 saturated heterocycles. The molecule has 2 nitrogen and oxygen atoms in total. The van der Waals surface area contributed by atoms with Crippen LogP contribution in [-0.4, -0.2) is 19.2 Å². The van der Waals surface area contributed by atoms with E-state index in [1.165, 1.54) is 18.9 Å². The summed E-state index contributed by atoms with van der Waals surface area (Å²) in [5.41, 5.74) is 0.631. The summed E-state index contributed by atoms with van der Waals surface area (Å²) in [4.78, 5) is 0. The highest BCUT2D eigenvalue weighted by molar-refractivity contribution is 5.28. The largest absolute Gasteiger partial charge is 0.493 e. The SMILES string of the molecule is Cc1cc(OCC(C)CNC2CC2)ccc1F. The lowest BCUT2D eigenvalue weighted by Gasteiger charge is -2.14. The molecule has 1 aliphatic carbocycles. The van der Waals surface area contributed by atoms with Crippen LogP contribution in [0.3, 0.4) is 0 Å². The number of halogens is 1. The van der Waals surface area contributed by atoms with Crippen molar-refractivity contribution in [1.82, 2.24) is 5.32 Å². The Morgan fingerprint density at radius 3 is 2.88 bits per heavy atom. The number of ether oxygens (including phenoxy) is 1. The van der Waals surface area contributed by atoms with E-state index in [1.54, 1.807) is 19.1 Å². The van der Waals surface area contributed by atoms with Gasteiger partial charge >= 0.3 is 0 Å². The quantitative estimate of drug-likeness (QED) is 0.821. The van der Waals surface area contributed by atoms with E-state index in [9.17, 15) is 4.39 Å². The lowest BCUT2D eigenvalue weighted by molar-refractivity contribution is 0.255. The van der Waals surface area contributed by atoms with Crippen LogP contribution in [-0.2, 0) is 0 Å². The maximum Gasteiger partial charge on any atom is 0.126 e. The minimum atomic E-state index is -0.180. The van der Waals surface area contributed by atoms with Gasteiger partial charge in [0.05, 0.1) is 6.61 Å². The molecule has 3 heteroatoms. The normalized spacial score (nSPS) is 16.9. The molecule has 1 unspecified atom stereocenters. The standard InChI is InChI=1S/C14H20FNO/c1-10(8-16-12-3-4-12)9-17-13-5-6-14(15)11(2)7-13/h5-7,10,12,16H,3-4,8-9H2,1-2H3. The van der Waals surface area contributed by atoms with Crippen molar-refractivity contribution in [2.75, 3.05) is 13.2 Å². The van der Waals surface area contributed by atoms with E-state index in [2.05, 4.69) is 12.2 Å². The predicted octanol–water partition coefficient (Wildman–Crippen LogP) is 2.90. The maximum absolute atomic E-state index is 13.0. The average Bonchev–Trinajstić information content (AvgIpc) is 3.12. The summed E-state index contributed by atoms with van der Waals surface area (Å²) in [5.74, 6) is 1.05. The summed E-state index contributed by atoms with van der Waals surface area (Å²) in [6.07, 6.45) is 2.62. The van der Waals surface area contributed by atoms with Crippen LogP contribution < -0.4 is 10.1 Å². The van der Waals surface area contributed by atoms with Crippen LogP contribution in [0.5, 0.6) is 5.75 Å². The molecule has 0 spiro atoms. The topological polar surface area (TPSA) is 21.3 Å². The van der Waals surface area contributed by atoms with E-state index in [4.69, 9.17) is 4.74 Å². The van der Waals surface area contributed by atoms with Crippen molar-refractivity contribution in [2.24, 2.45) is 5.92 Å². The van der Waals surface area contributed by atoms with E-state index >= 15 is 0 Å². The van der Waals surface area contributed by atoms with Gasteiger partial charge in [0.15, 0.2) is 0 Å². The van der Waals surface area contributed by atoms with Crippen molar-refractivity contribution < 1.29 is 9.13 Å². The Morgan fingerprint density at radius 1 is 1.47 bits per heavy atom. The van der Waals surface area contributed by atoms with Crippen LogP contribution >= 0.6 is 0 Å². The second-order valence-electron chi connectivity index (χ2n) is 5.01. The van der Waals surface area contributed by atoms with Gasteiger partial charge in [-0.3, -0.25) is 0 Å². The molecule has 0 heterocycles. The number of benzene rings is 1. The van der Waals surface area contributed by atoms with E-state index in [1.807, 2.05) is 0 Å². The molecule has 0 aromatic heterocycles. The molecular formula is C14H20FNO. The molecule has 0 radical (unpaired) electrons. The van der Waals surface area contributed by atoms with Crippen LogP contribution in [0.2, 0.25) is 0 Å². The summed E-state index contributed by atoms with van der Waals surface area (Å²) >= 11 is 0. The van der Waals surface area contributed by atoms with E-state index < -0.39 is 0 Å². The van der Waals surface area contributed by atoms with Gasteiger partial charge in [-0.1, -0.05) is 6.92 Å². The van der Waals surface area contributed by atoms with E-state index in [0.29, 0.717) is 18.1 Å². The molecule has 17 heavy (non-hydrogen) atoms. The first-order valence-electron chi connectivity index (χ1n) is 6.27. The Hall–Kier alpha value is -1.09. The highest BCUT2D eigenvalue weighted by Crippen LogP contribution is 2.19. The molecule has 1 fully saturated rings. The Balaban J connectivity index is 1.73. The van der Waals surface area contributed by atoms with Crippen LogP contribution in [0, 0.1) is 18.7 Å². The highest BCUT2D eigenvalue weighted by atomic mass is 19.1. The third-order valence-electron chi connectivity index (χ3n) is 3.00. The fourth-order valence-electron chi connectivity index (χ4n) is 1.66. The molecule has 0 bridgehead atoms. The lowest BCUT2D eigenvalue weighted by atomic mass is 10.2. The zero-order valence-electron chi connectivity index (χ0n) is 10.5. The monoisotopic (exact) mass is 237 g/mol. The first kappa shape index (κ1) is 12.4. The van der Waals surface area contributed by atoms with Crippen molar-refractivity contribution in [3.8, 4) is 5.75 Å². The molecule has 94 valence electrons. The van der Waals surface area contributed by atoms with Gasteiger partial charge in [0.25, 0.3) is 0 Å². The fraction of sp³-hybridized carbons (Fsp3) is 0.571. The second kappa shape index (κ2) is 5.50. The first-order valence-corrected chi connectivity index (χ1v) is 6.27. The van der Waals surface area contributed by atoms with Crippen molar-refractivity contribution in [2.45, 2.75) is 32.7 Å². The van der Waals surface area contributed by atoms with Gasteiger partial charge in [-0.2, -0.15) is 0 Å². The molecule has 2 rings (SSSR count). The van der Waals surface area contributed by atoms with Crippen LogP contribution in [0.1, 0.15) is 25.3 Å². The average molecular weight is 237 g/mol. The molecule has 0 aliphatic heterocycles. The highest BCUT2D eigenvalue weighted by Gasteiger charge is 2.20. The van der Waals surface area contributed by atoms with Gasteiger partial charge in [0, 0.05) is 18.5 Å². The van der Waals surface area contributed by atoms with E-state index in [-0.39, 0.29) is 5.82 Å². The maximum atomic E-state index is 13.0. The van der Waals surface area contributed by atoms with Crippen LogP contribution in [0.15, 0.2) is 18.2 Å². The zero-order chi connectivity index (χ0) is 12.3. The van der Waals surface area contributed by atoms with Crippen molar-refractivity contribution >= 4 is 0 Å². The van der Waals surface area contributed by atoms with Gasteiger partial charge in [0.2, 0.25) is 0 Å². The minimum Gasteiger partial charge on any atom is -0.493 e. The lowest BCUT2D eigenvalue weighted by Crippen LogP contribution is -2.26. The van der Waals surface area contributed by atoms with Crippen LogP contribution in [0.4, 0.5) is 4.39 Å². The molecule has 0 amide bonds. The van der Waals surface area contributed by atoms with Crippen LogP contribution in [0.25, 0.3) is 0 Å². The van der Waals surface area contributed by atoms with Crippen molar-refractivity contribution in [3.63, 3.8) is 0 Å². The summed E-state index contributed by atoms with van der Waals surface area (Å²) < 4.78 is 18.7. The van der Waals surface area contributed by atoms with Crippen molar-refractivity contribution in [3.05, 3.63) is 29.6 Å². The predicted molar refractivity (Wildman–Crippen MR) is 66.8 cm³/mol. The molecule has 1 aliphatic rings. The molecule has 1 aromatic carbocycles. The third-order valence-corrected chi connectivity index (χ3v) is 3.00. The van der Waals surface area contributed by atoms with Gasteiger partial charge in [-0.05, 0) is 43.5 Å². The Kier molecular flexibility index (Phi) is 4.00. The number of hydrogen-bond donors (Lipinski definition) is 1. The van der Waals surface area contributed by atoms with Gasteiger partial charge < -0.3 is 10.1 Å². The number of nitrogens with one attached hydrogen (secondary N) is 1. The van der Waals surface area contributed by atoms with Crippen molar-refractivity contribution in [1.29, 1.82) is 0 Å². The number of rotatable bonds is 6. The molecule has 1 N–H and O–H groups in total. The van der Waals surface area contributed by atoms with Gasteiger partial charge in [-0.15, -0.1) is 0 Å². The van der Waals surface area contributed by atoms with Gasteiger partial charge in [0.1, 0.15) is 11.6 Å². The number of aryl methyl sites for hydroxylation is 1. The molecule has 1 saturated carbocycles. The Labute approximate surface area is 102 Å². The smallest absolute Gasteiger partial charge is 0.126 e. The summed E-state index contributed by atoms with van der Waals surface area (Å²) in [7, 11) is 0. The second-order valence-corrected chi connectivity index (χ2v) is 5.01. The summed E-state index contributed by atoms with van der Waals surface area (Å²) in [6.45, 7) is 5.57. The van der Waals surface area contributed by atoms with E-state index in [0.717, 1.165) is 18.3 Å². The number of hydrogen-bond acceptors (Lipinski definition) is 2. The first-order chi connectivity index (χ1) is 8.15.